The van der Waals surface area contributed by atoms with Gasteiger partial charge in [0.1, 0.15) is 5.65 Å². The number of anilines is 1. The van der Waals surface area contributed by atoms with Crippen LogP contribution in [0.15, 0.2) is 42.6 Å². The molecule has 3 aromatic rings. The summed E-state index contributed by atoms with van der Waals surface area (Å²) in [4.78, 5) is 16.2. The number of hydrogen-bond acceptors (Lipinski definition) is 3. The Labute approximate surface area is 141 Å². The molecule has 0 spiro atoms. The Balaban J connectivity index is 2.00. The average Bonchev–Trinajstić information content (AvgIpc) is 2.91. The summed E-state index contributed by atoms with van der Waals surface area (Å²) in [6.45, 7) is 6.36. The van der Waals surface area contributed by atoms with Gasteiger partial charge in [-0.15, -0.1) is 0 Å². The van der Waals surface area contributed by atoms with Crippen molar-refractivity contribution >= 4 is 17.2 Å². The number of nitrogens with one attached hydrogen (secondary N) is 1. The monoisotopic (exact) mass is 322 g/mol. The van der Waals surface area contributed by atoms with Crippen molar-refractivity contribution in [1.82, 2.24) is 9.38 Å². The van der Waals surface area contributed by atoms with E-state index in [1.807, 2.05) is 29.7 Å². The molecule has 0 bridgehead atoms. The number of rotatable bonds is 4. The SMILES string of the molecule is Cc1c(-c2ccc(C(C)C)cc2)nc2ccc(NC(=O)CN)cn12. The van der Waals surface area contributed by atoms with E-state index in [0.29, 0.717) is 11.6 Å². The number of nitrogens with zero attached hydrogens (tertiary/aromatic N) is 2. The molecule has 0 atom stereocenters. The standard InChI is InChI=1S/C19H22N4O/c1-12(2)14-4-6-15(7-5-14)19-13(3)23-11-16(21-18(24)10-20)8-9-17(23)22-19/h4-9,11-12H,10,20H2,1-3H3,(H,21,24). The van der Waals surface area contributed by atoms with Crippen LogP contribution in [-0.2, 0) is 4.79 Å². The number of pyridine rings is 1. The summed E-state index contributed by atoms with van der Waals surface area (Å²) < 4.78 is 1.98. The van der Waals surface area contributed by atoms with E-state index in [2.05, 4.69) is 43.4 Å². The summed E-state index contributed by atoms with van der Waals surface area (Å²) in [5.74, 6) is 0.298. The zero-order chi connectivity index (χ0) is 17.3. The average molecular weight is 322 g/mol. The molecule has 5 heteroatoms. The molecular weight excluding hydrogens is 300 g/mol. The van der Waals surface area contributed by atoms with Crippen LogP contribution in [0.25, 0.3) is 16.9 Å². The van der Waals surface area contributed by atoms with Gasteiger partial charge in [-0.2, -0.15) is 0 Å². The highest BCUT2D eigenvalue weighted by molar-refractivity contribution is 5.92. The van der Waals surface area contributed by atoms with Gasteiger partial charge in [-0.1, -0.05) is 38.1 Å². The molecular formula is C19H22N4O. The molecule has 3 N–H and O–H groups in total. The smallest absolute Gasteiger partial charge is 0.238 e. The van der Waals surface area contributed by atoms with E-state index in [9.17, 15) is 4.79 Å². The van der Waals surface area contributed by atoms with Crippen LogP contribution in [0.2, 0.25) is 0 Å². The Bertz CT molecular complexity index is 878. The van der Waals surface area contributed by atoms with Crippen LogP contribution in [0.3, 0.4) is 0 Å². The first-order valence-electron chi connectivity index (χ1n) is 8.08. The molecule has 0 saturated carbocycles. The first-order valence-corrected chi connectivity index (χ1v) is 8.08. The van der Waals surface area contributed by atoms with Crippen LogP contribution in [0.1, 0.15) is 31.0 Å². The van der Waals surface area contributed by atoms with Crippen molar-refractivity contribution in [3.63, 3.8) is 0 Å². The van der Waals surface area contributed by atoms with Gasteiger partial charge in [0.15, 0.2) is 0 Å². The Morgan fingerprint density at radius 2 is 1.92 bits per heavy atom. The lowest BCUT2D eigenvalue weighted by atomic mass is 10.0. The van der Waals surface area contributed by atoms with E-state index in [1.165, 1.54) is 5.56 Å². The molecule has 0 aliphatic carbocycles. The maximum Gasteiger partial charge on any atom is 0.238 e. The number of aromatic nitrogens is 2. The van der Waals surface area contributed by atoms with Crippen molar-refractivity contribution < 1.29 is 4.79 Å². The third kappa shape index (κ3) is 3.03. The maximum atomic E-state index is 11.5. The Kier molecular flexibility index (Phi) is 4.36. The predicted octanol–water partition coefficient (Wildman–Crippen LogP) is 3.33. The summed E-state index contributed by atoms with van der Waals surface area (Å²) in [6.07, 6.45) is 1.87. The van der Waals surface area contributed by atoms with E-state index >= 15 is 0 Å². The molecule has 3 rings (SSSR count). The molecule has 0 aliphatic rings. The Morgan fingerprint density at radius 3 is 2.54 bits per heavy atom. The first kappa shape index (κ1) is 16.2. The molecule has 0 fully saturated rings. The van der Waals surface area contributed by atoms with Crippen molar-refractivity contribution in [3.05, 3.63) is 53.9 Å². The third-order valence-corrected chi connectivity index (χ3v) is 4.18. The molecule has 0 saturated heterocycles. The second kappa shape index (κ2) is 6.45. The summed E-state index contributed by atoms with van der Waals surface area (Å²) in [5.41, 5.74) is 11.3. The van der Waals surface area contributed by atoms with E-state index in [0.717, 1.165) is 22.6 Å². The minimum absolute atomic E-state index is 0.0333. The normalized spacial score (nSPS) is 11.2. The number of aryl methyl sites for hydroxylation is 1. The quantitative estimate of drug-likeness (QED) is 0.774. The Hall–Kier alpha value is -2.66. The van der Waals surface area contributed by atoms with Gasteiger partial charge in [0.25, 0.3) is 0 Å². The van der Waals surface area contributed by atoms with Gasteiger partial charge < -0.3 is 15.5 Å². The molecule has 0 aliphatic heterocycles. The van der Waals surface area contributed by atoms with Gasteiger partial charge in [-0.25, -0.2) is 4.98 Å². The van der Waals surface area contributed by atoms with Gasteiger partial charge in [-0.05, 0) is 30.5 Å². The minimum atomic E-state index is -0.211. The number of nitrogens with two attached hydrogens (primary N) is 1. The van der Waals surface area contributed by atoms with Crippen LogP contribution >= 0.6 is 0 Å². The fourth-order valence-corrected chi connectivity index (χ4v) is 2.75. The molecule has 5 nitrogen and oxygen atoms in total. The molecule has 1 amide bonds. The Morgan fingerprint density at radius 1 is 1.21 bits per heavy atom. The van der Waals surface area contributed by atoms with Gasteiger partial charge in [0.05, 0.1) is 17.9 Å². The third-order valence-electron chi connectivity index (χ3n) is 4.18. The maximum absolute atomic E-state index is 11.5. The fraction of sp³-hybridized carbons (Fsp3) is 0.263. The number of benzene rings is 1. The fourth-order valence-electron chi connectivity index (χ4n) is 2.75. The highest BCUT2D eigenvalue weighted by Crippen LogP contribution is 2.26. The minimum Gasteiger partial charge on any atom is -0.324 e. The predicted molar refractivity (Wildman–Crippen MR) is 97.1 cm³/mol. The van der Waals surface area contributed by atoms with Crippen LogP contribution in [-0.4, -0.2) is 21.8 Å². The first-order chi connectivity index (χ1) is 11.5. The van der Waals surface area contributed by atoms with Crippen molar-refractivity contribution in [1.29, 1.82) is 0 Å². The topological polar surface area (TPSA) is 72.4 Å². The highest BCUT2D eigenvalue weighted by Gasteiger charge is 2.12. The lowest BCUT2D eigenvalue weighted by molar-refractivity contribution is -0.114. The van der Waals surface area contributed by atoms with Crippen molar-refractivity contribution in [2.24, 2.45) is 5.73 Å². The molecule has 2 aromatic heterocycles. The summed E-state index contributed by atoms with van der Waals surface area (Å²) >= 11 is 0. The van der Waals surface area contributed by atoms with E-state index in [1.54, 1.807) is 0 Å². The van der Waals surface area contributed by atoms with Gasteiger partial charge >= 0.3 is 0 Å². The van der Waals surface area contributed by atoms with Crippen LogP contribution in [0.5, 0.6) is 0 Å². The molecule has 24 heavy (non-hydrogen) atoms. The van der Waals surface area contributed by atoms with Gasteiger partial charge in [-0.3, -0.25) is 4.79 Å². The lowest BCUT2D eigenvalue weighted by Gasteiger charge is -2.06. The second-order valence-electron chi connectivity index (χ2n) is 6.22. The highest BCUT2D eigenvalue weighted by atomic mass is 16.1. The zero-order valence-corrected chi connectivity index (χ0v) is 14.2. The van der Waals surface area contributed by atoms with Crippen molar-refractivity contribution in [3.8, 4) is 11.3 Å². The molecule has 1 aromatic carbocycles. The van der Waals surface area contributed by atoms with Crippen LogP contribution < -0.4 is 11.1 Å². The molecule has 0 unspecified atom stereocenters. The molecule has 0 radical (unpaired) electrons. The summed E-state index contributed by atoms with van der Waals surface area (Å²) in [7, 11) is 0. The molecule has 2 heterocycles. The number of hydrogen-bond donors (Lipinski definition) is 2. The van der Waals surface area contributed by atoms with E-state index in [4.69, 9.17) is 10.7 Å². The van der Waals surface area contributed by atoms with Gasteiger partial charge in [0, 0.05) is 17.5 Å². The zero-order valence-electron chi connectivity index (χ0n) is 14.2. The second-order valence-corrected chi connectivity index (χ2v) is 6.22. The molecule has 124 valence electrons. The van der Waals surface area contributed by atoms with Crippen LogP contribution in [0, 0.1) is 6.92 Å². The van der Waals surface area contributed by atoms with Crippen LogP contribution in [0.4, 0.5) is 5.69 Å². The largest absolute Gasteiger partial charge is 0.324 e. The van der Waals surface area contributed by atoms with Gasteiger partial charge in [0.2, 0.25) is 5.91 Å². The lowest BCUT2D eigenvalue weighted by Crippen LogP contribution is -2.21. The number of carbonyl (C=O) groups is 1. The van der Waals surface area contributed by atoms with E-state index in [-0.39, 0.29) is 12.5 Å². The number of carbonyl (C=O) groups excluding carboxylic acids is 1. The number of amides is 1. The number of imidazole rings is 1. The van der Waals surface area contributed by atoms with Crippen molar-refractivity contribution in [2.75, 3.05) is 11.9 Å². The van der Waals surface area contributed by atoms with E-state index < -0.39 is 0 Å². The summed E-state index contributed by atoms with van der Waals surface area (Å²) in [6, 6.07) is 12.3. The van der Waals surface area contributed by atoms with Crippen molar-refractivity contribution in [2.45, 2.75) is 26.7 Å². The summed E-state index contributed by atoms with van der Waals surface area (Å²) in [5, 5.41) is 2.77. The number of fused-ring (bicyclic) bond motifs is 1.